The van der Waals surface area contributed by atoms with E-state index in [1.165, 1.54) is 15.8 Å². The minimum Gasteiger partial charge on any atom is -0.480 e. The van der Waals surface area contributed by atoms with Crippen LogP contribution in [0.2, 0.25) is 0 Å². The second kappa shape index (κ2) is 12.7. The fourth-order valence-corrected chi connectivity index (χ4v) is 4.70. The molecule has 15 heteroatoms. The summed E-state index contributed by atoms with van der Waals surface area (Å²) in [6.45, 7) is 4.17. The third-order valence-electron chi connectivity index (χ3n) is 6.42. The number of nitrogens with zero attached hydrogens (tertiary/aromatic N) is 4. The van der Waals surface area contributed by atoms with Crippen molar-refractivity contribution in [2.45, 2.75) is 70.9 Å². The number of rotatable bonds is 9. The number of benzene rings is 1. The summed E-state index contributed by atoms with van der Waals surface area (Å²) in [4.78, 5) is 74.3. The smallest absolute Gasteiger partial charge is 0.414 e. The number of H-pyrrole nitrogens is 1. The molecule has 4 N–H and O–H groups in total. The molecule has 15 nitrogen and oxygen atoms in total. The minimum atomic E-state index is -1.23. The first-order chi connectivity index (χ1) is 19.9. The molecule has 0 spiro atoms. The summed E-state index contributed by atoms with van der Waals surface area (Å²) < 4.78 is 11.8. The number of ether oxygens (including phenoxy) is 2. The molecule has 42 heavy (non-hydrogen) atoms. The lowest BCUT2D eigenvalue weighted by Gasteiger charge is -2.33. The second-order valence-corrected chi connectivity index (χ2v) is 10.8. The first-order valence-electron chi connectivity index (χ1n) is 13.3. The molecule has 0 radical (unpaired) electrons. The standard InChI is InChI=1S/C27H33N7O8/c1-27(2,3)42-26(40)29-17-10-7-11-18(17)34(13-20(36)37)19(35)12-33-15-28-21-22(33)30-24(31-23(21)38)32-25(39)41-14-16-8-5-4-6-9-16/h4-6,8-9,15,17-18H,7,10-14H2,1-3H3,(H,29,40)(H,36,37)(H2,30,31,32,38,39)/t17-,18+/m1/s1. The van der Waals surface area contributed by atoms with E-state index in [2.05, 4.69) is 25.6 Å². The van der Waals surface area contributed by atoms with Gasteiger partial charge in [0.25, 0.3) is 5.56 Å². The molecule has 1 aliphatic carbocycles. The van der Waals surface area contributed by atoms with Gasteiger partial charge in [-0.3, -0.25) is 24.7 Å². The predicted octanol–water partition coefficient (Wildman–Crippen LogP) is 2.23. The number of aromatic nitrogens is 4. The molecule has 2 aromatic heterocycles. The van der Waals surface area contributed by atoms with Gasteiger partial charge in [-0.1, -0.05) is 30.3 Å². The van der Waals surface area contributed by atoms with E-state index in [1.807, 2.05) is 6.07 Å². The van der Waals surface area contributed by atoms with Crippen molar-refractivity contribution < 1.29 is 33.8 Å². The number of imidazole rings is 1. The van der Waals surface area contributed by atoms with Crippen LogP contribution in [0.3, 0.4) is 0 Å². The maximum Gasteiger partial charge on any atom is 0.414 e. The van der Waals surface area contributed by atoms with Crippen LogP contribution in [0.1, 0.15) is 45.6 Å². The molecule has 0 saturated heterocycles. The number of aromatic amines is 1. The number of carbonyl (C=O) groups excluding carboxylic acids is 3. The number of carboxylic acids is 1. The molecular formula is C27H33N7O8. The highest BCUT2D eigenvalue weighted by atomic mass is 16.6. The fraction of sp³-hybridized carbons (Fsp3) is 0.444. The number of hydrogen-bond donors (Lipinski definition) is 4. The van der Waals surface area contributed by atoms with Crippen LogP contribution in [-0.4, -0.2) is 77.8 Å². The lowest BCUT2D eigenvalue weighted by molar-refractivity contribution is -0.146. The average molecular weight is 584 g/mol. The summed E-state index contributed by atoms with van der Waals surface area (Å²) in [5.74, 6) is -2.03. The monoisotopic (exact) mass is 583 g/mol. The van der Waals surface area contributed by atoms with Crippen LogP contribution in [0.5, 0.6) is 0 Å². The lowest BCUT2D eigenvalue weighted by Crippen LogP contribution is -2.53. The lowest BCUT2D eigenvalue weighted by atomic mass is 10.1. The number of aliphatic carboxylic acids is 1. The van der Waals surface area contributed by atoms with Crippen molar-refractivity contribution in [1.29, 1.82) is 0 Å². The number of carbonyl (C=O) groups is 4. The van der Waals surface area contributed by atoms with Crippen LogP contribution in [0.4, 0.5) is 15.5 Å². The Morgan fingerprint density at radius 1 is 1.14 bits per heavy atom. The number of alkyl carbamates (subject to hydrolysis) is 1. The zero-order chi connectivity index (χ0) is 30.4. The van der Waals surface area contributed by atoms with Gasteiger partial charge < -0.3 is 29.4 Å². The largest absolute Gasteiger partial charge is 0.480 e. The summed E-state index contributed by atoms with van der Waals surface area (Å²) in [6, 6.07) is 7.89. The van der Waals surface area contributed by atoms with Crippen LogP contribution < -0.4 is 16.2 Å². The maximum atomic E-state index is 13.5. The zero-order valence-corrected chi connectivity index (χ0v) is 23.5. The van der Waals surface area contributed by atoms with Crippen LogP contribution >= 0.6 is 0 Å². The molecular weight excluding hydrogens is 550 g/mol. The molecule has 1 saturated carbocycles. The van der Waals surface area contributed by atoms with Gasteiger partial charge in [0.2, 0.25) is 11.9 Å². The molecule has 3 aromatic rings. The Bertz CT molecular complexity index is 1510. The summed E-state index contributed by atoms with van der Waals surface area (Å²) in [5, 5.41) is 14.7. The van der Waals surface area contributed by atoms with E-state index >= 15 is 0 Å². The SMILES string of the molecule is CC(C)(C)OC(=O)N[C@@H]1CCC[C@@H]1N(CC(=O)O)C(=O)Cn1cnc2c(=O)[nH]c(NC(=O)OCc3ccccc3)nc21. The summed E-state index contributed by atoms with van der Waals surface area (Å²) in [7, 11) is 0. The molecule has 2 heterocycles. The maximum absolute atomic E-state index is 13.5. The van der Waals surface area contributed by atoms with E-state index in [1.54, 1.807) is 45.0 Å². The predicted molar refractivity (Wildman–Crippen MR) is 149 cm³/mol. The van der Waals surface area contributed by atoms with Gasteiger partial charge in [0.1, 0.15) is 25.3 Å². The number of fused-ring (bicyclic) bond motifs is 1. The number of nitrogens with one attached hydrogen (secondary N) is 3. The zero-order valence-electron chi connectivity index (χ0n) is 23.5. The number of amides is 3. The normalized spacial score (nSPS) is 16.5. The van der Waals surface area contributed by atoms with Crippen molar-refractivity contribution in [3.8, 4) is 0 Å². The van der Waals surface area contributed by atoms with E-state index < -0.39 is 60.4 Å². The number of carboxylic acid groups (broad SMARTS) is 1. The minimum absolute atomic E-state index is 0.00403. The molecule has 224 valence electrons. The third-order valence-corrected chi connectivity index (χ3v) is 6.42. The molecule has 1 aromatic carbocycles. The molecule has 2 atom stereocenters. The molecule has 1 fully saturated rings. The highest BCUT2D eigenvalue weighted by molar-refractivity contribution is 5.85. The van der Waals surface area contributed by atoms with Gasteiger partial charge in [-0.2, -0.15) is 4.98 Å². The Kier molecular flexibility index (Phi) is 9.08. The van der Waals surface area contributed by atoms with Gasteiger partial charge in [-0.25, -0.2) is 14.6 Å². The Morgan fingerprint density at radius 2 is 1.88 bits per heavy atom. The molecule has 0 bridgehead atoms. The number of hydrogen-bond acceptors (Lipinski definition) is 9. The van der Waals surface area contributed by atoms with Gasteiger partial charge in [-0.05, 0) is 45.6 Å². The molecule has 3 amide bonds. The van der Waals surface area contributed by atoms with Crippen molar-refractivity contribution >= 4 is 41.2 Å². The van der Waals surface area contributed by atoms with Crippen molar-refractivity contribution in [1.82, 2.24) is 29.7 Å². The van der Waals surface area contributed by atoms with Crippen molar-refractivity contribution in [2.75, 3.05) is 11.9 Å². The molecule has 0 unspecified atom stereocenters. The van der Waals surface area contributed by atoms with Gasteiger partial charge >= 0.3 is 18.2 Å². The van der Waals surface area contributed by atoms with E-state index in [4.69, 9.17) is 9.47 Å². The summed E-state index contributed by atoms with van der Waals surface area (Å²) >= 11 is 0. The highest BCUT2D eigenvalue weighted by Crippen LogP contribution is 2.25. The van der Waals surface area contributed by atoms with Gasteiger partial charge in [0.15, 0.2) is 11.2 Å². The second-order valence-electron chi connectivity index (χ2n) is 10.8. The van der Waals surface area contributed by atoms with Gasteiger partial charge in [0, 0.05) is 0 Å². The van der Waals surface area contributed by atoms with Crippen LogP contribution in [0.25, 0.3) is 11.2 Å². The van der Waals surface area contributed by atoms with Gasteiger partial charge in [0.05, 0.1) is 18.4 Å². The quantitative estimate of drug-likeness (QED) is 0.290. The molecule has 4 rings (SSSR count). The molecule has 1 aliphatic rings. The number of anilines is 1. The van der Waals surface area contributed by atoms with Crippen molar-refractivity contribution in [2.24, 2.45) is 0 Å². The Balaban J connectivity index is 1.49. The fourth-order valence-electron chi connectivity index (χ4n) is 4.70. The van der Waals surface area contributed by atoms with Gasteiger partial charge in [-0.15, -0.1) is 0 Å². The van der Waals surface area contributed by atoms with Crippen LogP contribution in [0.15, 0.2) is 41.5 Å². The Labute approximate surface area is 240 Å². The third kappa shape index (κ3) is 7.83. The topological polar surface area (TPSA) is 198 Å². The Hall–Kier alpha value is -4.95. The molecule has 0 aliphatic heterocycles. The summed E-state index contributed by atoms with van der Waals surface area (Å²) in [6.07, 6.45) is 1.38. The van der Waals surface area contributed by atoms with E-state index in [-0.39, 0.29) is 23.7 Å². The van der Waals surface area contributed by atoms with E-state index in [0.717, 1.165) is 5.56 Å². The van der Waals surface area contributed by atoms with Crippen molar-refractivity contribution in [3.63, 3.8) is 0 Å². The van der Waals surface area contributed by atoms with Crippen molar-refractivity contribution in [3.05, 3.63) is 52.6 Å². The van der Waals surface area contributed by atoms with Crippen LogP contribution in [-0.2, 0) is 32.2 Å². The highest BCUT2D eigenvalue weighted by Gasteiger charge is 2.37. The first kappa shape index (κ1) is 30.0. The summed E-state index contributed by atoms with van der Waals surface area (Å²) in [5.41, 5.74) is -0.715. The first-order valence-corrected chi connectivity index (χ1v) is 13.3. The average Bonchev–Trinajstić information content (AvgIpc) is 3.52. The van der Waals surface area contributed by atoms with E-state index in [0.29, 0.717) is 19.3 Å². The van der Waals surface area contributed by atoms with Crippen LogP contribution in [0, 0.1) is 0 Å². The Morgan fingerprint density at radius 3 is 2.57 bits per heavy atom. The van der Waals surface area contributed by atoms with E-state index in [9.17, 15) is 29.1 Å².